The van der Waals surface area contributed by atoms with Crippen molar-refractivity contribution in [3.8, 4) is 5.75 Å². The number of hydrogen-bond donors (Lipinski definition) is 0. The Hall–Kier alpha value is -2.34. The number of fused-ring (bicyclic) bond motifs is 1. The fourth-order valence-corrected chi connectivity index (χ4v) is 3.93. The summed E-state index contributed by atoms with van der Waals surface area (Å²) in [6.07, 6.45) is 0.722. The van der Waals surface area contributed by atoms with E-state index < -0.39 is 0 Å². The SMILES string of the molecule is COc1cccc2oc(CCN3CCN(Cc4ccc(Cl)cc4)CC3)cc(=O)c12. The zero-order chi connectivity index (χ0) is 20.2. The van der Waals surface area contributed by atoms with E-state index in [1.54, 1.807) is 19.2 Å². The first-order valence-electron chi connectivity index (χ1n) is 9.91. The van der Waals surface area contributed by atoms with Gasteiger partial charge in [-0.15, -0.1) is 0 Å². The lowest BCUT2D eigenvalue weighted by atomic mass is 10.1. The minimum Gasteiger partial charge on any atom is -0.496 e. The van der Waals surface area contributed by atoms with Gasteiger partial charge in [0.1, 0.15) is 22.5 Å². The molecule has 0 radical (unpaired) electrons. The third kappa shape index (κ3) is 4.81. The highest BCUT2D eigenvalue weighted by Crippen LogP contribution is 2.23. The van der Waals surface area contributed by atoms with Gasteiger partial charge in [-0.05, 0) is 29.8 Å². The van der Waals surface area contributed by atoms with Gasteiger partial charge in [0, 0.05) is 56.8 Å². The molecule has 4 rings (SSSR count). The molecule has 2 heterocycles. The lowest BCUT2D eigenvalue weighted by Crippen LogP contribution is -2.46. The average molecular weight is 413 g/mol. The Bertz CT molecular complexity index is 1020. The number of rotatable bonds is 6. The highest BCUT2D eigenvalue weighted by atomic mass is 35.5. The van der Waals surface area contributed by atoms with Crippen molar-refractivity contribution in [2.24, 2.45) is 0 Å². The second kappa shape index (κ2) is 8.99. The Balaban J connectivity index is 1.32. The quantitative estimate of drug-likeness (QED) is 0.616. The summed E-state index contributed by atoms with van der Waals surface area (Å²) in [5.41, 5.74) is 1.82. The Morgan fingerprint density at radius 3 is 2.48 bits per heavy atom. The fraction of sp³-hybridized carbons (Fsp3) is 0.348. The van der Waals surface area contributed by atoms with Gasteiger partial charge in [0.15, 0.2) is 5.43 Å². The summed E-state index contributed by atoms with van der Waals surface area (Å²) in [6.45, 7) is 5.92. The molecule has 152 valence electrons. The molecular weight excluding hydrogens is 388 g/mol. The number of ether oxygens (including phenoxy) is 1. The number of hydrogen-bond acceptors (Lipinski definition) is 5. The maximum atomic E-state index is 12.5. The molecule has 1 aromatic heterocycles. The number of nitrogens with zero attached hydrogens (tertiary/aromatic N) is 2. The van der Waals surface area contributed by atoms with Crippen molar-refractivity contribution < 1.29 is 9.15 Å². The van der Waals surface area contributed by atoms with Crippen molar-refractivity contribution in [3.63, 3.8) is 0 Å². The molecule has 0 amide bonds. The summed E-state index contributed by atoms with van der Waals surface area (Å²) in [5.74, 6) is 1.28. The highest BCUT2D eigenvalue weighted by molar-refractivity contribution is 6.30. The van der Waals surface area contributed by atoms with Crippen molar-refractivity contribution in [3.05, 3.63) is 75.1 Å². The summed E-state index contributed by atoms with van der Waals surface area (Å²) in [4.78, 5) is 17.4. The molecule has 0 atom stereocenters. The van der Waals surface area contributed by atoms with Gasteiger partial charge in [0.25, 0.3) is 0 Å². The number of benzene rings is 2. The molecule has 0 aliphatic carbocycles. The lowest BCUT2D eigenvalue weighted by molar-refractivity contribution is 0.127. The Morgan fingerprint density at radius 2 is 1.76 bits per heavy atom. The molecule has 5 nitrogen and oxygen atoms in total. The molecule has 0 spiro atoms. The number of piperazine rings is 1. The van der Waals surface area contributed by atoms with Crippen LogP contribution in [0.2, 0.25) is 5.02 Å². The van der Waals surface area contributed by atoms with E-state index >= 15 is 0 Å². The molecule has 1 fully saturated rings. The van der Waals surface area contributed by atoms with Gasteiger partial charge < -0.3 is 14.1 Å². The molecule has 0 N–H and O–H groups in total. The summed E-state index contributed by atoms with van der Waals surface area (Å²) < 4.78 is 11.2. The highest BCUT2D eigenvalue weighted by Gasteiger charge is 2.17. The van der Waals surface area contributed by atoms with Crippen molar-refractivity contribution >= 4 is 22.6 Å². The molecule has 0 unspecified atom stereocenters. The molecular formula is C23H25ClN2O3. The standard InChI is InChI=1S/C23H25ClN2O3/c1-28-21-3-2-4-22-23(21)20(27)15-19(29-22)9-10-25-11-13-26(14-12-25)16-17-5-7-18(24)8-6-17/h2-8,15H,9-14,16H2,1H3. The lowest BCUT2D eigenvalue weighted by Gasteiger charge is -2.34. The zero-order valence-corrected chi connectivity index (χ0v) is 17.3. The second-order valence-corrected chi connectivity index (χ2v) is 7.84. The summed E-state index contributed by atoms with van der Waals surface area (Å²) in [7, 11) is 1.56. The Morgan fingerprint density at radius 1 is 1.03 bits per heavy atom. The maximum Gasteiger partial charge on any atom is 0.196 e. The molecule has 3 aromatic rings. The van der Waals surface area contributed by atoms with Crippen LogP contribution in [0.4, 0.5) is 0 Å². The van der Waals surface area contributed by atoms with E-state index in [0.29, 0.717) is 16.7 Å². The first-order chi connectivity index (χ1) is 14.1. The van der Waals surface area contributed by atoms with Crippen molar-refractivity contribution in [1.29, 1.82) is 0 Å². The largest absolute Gasteiger partial charge is 0.496 e. The summed E-state index contributed by atoms with van der Waals surface area (Å²) in [5, 5.41) is 1.28. The van der Waals surface area contributed by atoms with Gasteiger partial charge in [0.2, 0.25) is 0 Å². The third-order valence-electron chi connectivity index (χ3n) is 5.45. The molecule has 0 bridgehead atoms. The maximum absolute atomic E-state index is 12.5. The molecule has 29 heavy (non-hydrogen) atoms. The van der Waals surface area contributed by atoms with E-state index in [1.165, 1.54) is 5.56 Å². The van der Waals surface area contributed by atoms with Crippen LogP contribution >= 0.6 is 11.6 Å². The smallest absolute Gasteiger partial charge is 0.196 e. The fourth-order valence-electron chi connectivity index (χ4n) is 3.81. The van der Waals surface area contributed by atoms with Crippen LogP contribution in [0.1, 0.15) is 11.3 Å². The number of methoxy groups -OCH3 is 1. The van der Waals surface area contributed by atoms with Crippen LogP contribution in [0.3, 0.4) is 0 Å². The van der Waals surface area contributed by atoms with Gasteiger partial charge in [-0.2, -0.15) is 0 Å². The van der Waals surface area contributed by atoms with Crippen LogP contribution in [-0.4, -0.2) is 49.6 Å². The third-order valence-corrected chi connectivity index (χ3v) is 5.70. The predicted octanol–water partition coefficient (Wildman–Crippen LogP) is 3.82. The first kappa shape index (κ1) is 20.0. The topological polar surface area (TPSA) is 45.9 Å². The van der Waals surface area contributed by atoms with E-state index in [2.05, 4.69) is 21.9 Å². The van der Waals surface area contributed by atoms with Crippen LogP contribution < -0.4 is 10.2 Å². The molecule has 1 aliphatic heterocycles. The Labute approximate surface area is 175 Å². The molecule has 2 aromatic carbocycles. The summed E-state index contributed by atoms with van der Waals surface area (Å²) >= 11 is 5.96. The monoisotopic (exact) mass is 412 g/mol. The van der Waals surface area contributed by atoms with E-state index in [9.17, 15) is 4.79 Å². The predicted molar refractivity (Wildman–Crippen MR) is 116 cm³/mol. The van der Waals surface area contributed by atoms with Gasteiger partial charge in [0.05, 0.1) is 7.11 Å². The van der Waals surface area contributed by atoms with E-state index in [-0.39, 0.29) is 5.43 Å². The van der Waals surface area contributed by atoms with Gasteiger partial charge in [-0.25, -0.2) is 0 Å². The van der Waals surface area contributed by atoms with Crippen LogP contribution in [0.5, 0.6) is 5.75 Å². The second-order valence-electron chi connectivity index (χ2n) is 7.40. The summed E-state index contributed by atoms with van der Waals surface area (Å²) in [6, 6.07) is 15.1. The van der Waals surface area contributed by atoms with E-state index in [1.807, 2.05) is 24.3 Å². The van der Waals surface area contributed by atoms with Gasteiger partial charge in [-0.1, -0.05) is 29.8 Å². The molecule has 1 aliphatic rings. The van der Waals surface area contributed by atoms with Crippen molar-refractivity contribution in [2.75, 3.05) is 39.8 Å². The van der Waals surface area contributed by atoms with Crippen LogP contribution in [0, 0.1) is 0 Å². The van der Waals surface area contributed by atoms with Crippen molar-refractivity contribution in [1.82, 2.24) is 9.80 Å². The minimum absolute atomic E-state index is 0.0496. The van der Waals surface area contributed by atoms with Crippen LogP contribution in [0.25, 0.3) is 11.0 Å². The van der Waals surface area contributed by atoms with E-state index in [0.717, 1.165) is 56.5 Å². The van der Waals surface area contributed by atoms with Crippen LogP contribution in [0.15, 0.2) is 57.7 Å². The van der Waals surface area contributed by atoms with Crippen molar-refractivity contribution in [2.45, 2.75) is 13.0 Å². The number of halogens is 1. The normalized spacial score (nSPS) is 15.7. The van der Waals surface area contributed by atoms with Crippen LogP contribution in [-0.2, 0) is 13.0 Å². The molecule has 6 heteroatoms. The molecule has 1 saturated heterocycles. The minimum atomic E-state index is -0.0496. The van der Waals surface area contributed by atoms with Gasteiger partial charge >= 0.3 is 0 Å². The first-order valence-corrected chi connectivity index (χ1v) is 10.3. The average Bonchev–Trinajstić information content (AvgIpc) is 2.74. The van der Waals surface area contributed by atoms with Gasteiger partial charge in [-0.3, -0.25) is 9.69 Å². The zero-order valence-electron chi connectivity index (χ0n) is 16.6. The Kier molecular flexibility index (Phi) is 6.19. The molecule has 0 saturated carbocycles. The van der Waals surface area contributed by atoms with E-state index in [4.69, 9.17) is 20.8 Å².